The van der Waals surface area contributed by atoms with Gasteiger partial charge in [0.05, 0.1) is 5.39 Å². The number of hydrogen-bond acceptors (Lipinski definition) is 4. The number of aromatic nitrogens is 2. The summed E-state index contributed by atoms with van der Waals surface area (Å²) in [5.41, 5.74) is 2.87. The molecule has 4 rings (SSSR count). The predicted octanol–water partition coefficient (Wildman–Crippen LogP) is 4.24. The maximum absolute atomic E-state index is 12.6. The number of nitrogens with zero attached hydrogens (tertiary/aromatic N) is 1. The van der Waals surface area contributed by atoms with Crippen LogP contribution in [0.4, 0.5) is 5.69 Å². The number of nitrogens with one attached hydrogen (secondary N) is 2. The number of hydrogen-bond donors (Lipinski definition) is 2. The molecule has 6 heteroatoms. The highest BCUT2D eigenvalue weighted by molar-refractivity contribution is 7.18. The third-order valence-electron chi connectivity index (χ3n) is 4.85. The van der Waals surface area contributed by atoms with Crippen molar-refractivity contribution < 1.29 is 4.79 Å². The average molecular weight is 379 g/mol. The number of anilines is 1. The van der Waals surface area contributed by atoms with Crippen LogP contribution in [0.2, 0.25) is 0 Å². The Bertz CT molecular complexity index is 1090. The highest BCUT2D eigenvalue weighted by atomic mass is 32.1. The number of rotatable bonds is 3. The summed E-state index contributed by atoms with van der Waals surface area (Å²) in [6, 6.07) is 7.50. The smallest absolute Gasteiger partial charge is 0.260 e. The molecule has 0 saturated heterocycles. The first-order valence-electron chi connectivity index (χ1n) is 9.10. The lowest BCUT2D eigenvalue weighted by atomic mass is 9.89. The second-order valence-electron chi connectivity index (χ2n) is 7.12. The van der Waals surface area contributed by atoms with Crippen LogP contribution >= 0.6 is 11.3 Å². The Morgan fingerprint density at radius 2 is 2.07 bits per heavy atom. The van der Waals surface area contributed by atoms with Crippen molar-refractivity contribution in [1.82, 2.24) is 9.97 Å². The van der Waals surface area contributed by atoms with Crippen molar-refractivity contribution in [2.24, 2.45) is 5.92 Å². The number of carbonyl (C=O) groups excluding carboxylic acids is 1. The maximum atomic E-state index is 12.6. The molecule has 0 bridgehead atoms. The van der Waals surface area contributed by atoms with E-state index in [1.165, 1.54) is 17.4 Å². The number of benzene rings is 1. The zero-order chi connectivity index (χ0) is 19.0. The largest absolute Gasteiger partial charge is 0.326 e. The Kier molecular flexibility index (Phi) is 4.66. The third-order valence-corrected chi connectivity index (χ3v) is 6.00. The molecular weight excluding hydrogens is 358 g/mol. The molecule has 1 atom stereocenters. The van der Waals surface area contributed by atoms with Gasteiger partial charge < -0.3 is 10.3 Å². The van der Waals surface area contributed by atoms with Crippen LogP contribution in [0.1, 0.15) is 42.1 Å². The van der Waals surface area contributed by atoms with E-state index in [-0.39, 0.29) is 11.5 Å². The Labute approximate surface area is 161 Å². The van der Waals surface area contributed by atoms with Crippen LogP contribution in [0.15, 0.2) is 29.1 Å². The van der Waals surface area contributed by atoms with E-state index in [4.69, 9.17) is 0 Å². The minimum absolute atomic E-state index is 0.0484. The highest BCUT2D eigenvalue weighted by Gasteiger charge is 2.22. The normalized spacial score (nSPS) is 16.6. The van der Waals surface area contributed by atoms with Crippen LogP contribution < -0.4 is 10.9 Å². The Morgan fingerprint density at radius 3 is 2.81 bits per heavy atom. The van der Waals surface area contributed by atoms with E-state index < -0.39 is 0 Å². The molecule has 0 aliphatic heterocycles. The van der Waals surface area contributed by atoms with Crippen molar-refractivity contribution in [3.05, 3.63) is 56.4 Å². The van der Waals surface area contributed by atoms with Gasteiger partial charge in [0.15, 0.2) is 0 Å². The number of aromatic amines is 1. The van der Waals surface area contributed by atoms with E-state index in [0.717, 1.165) is 40.7 Å². The van der Waals surface area contributed by atoms with Gasteiger partial charge in [-0.15, -0.1) is 11.3 Å². The van der Waals surface area contributed by atoms with Crippen molar-refractivity contribution in [1.29, 1.82) is 0 Å². The number of thiophene rings is 1. The van der Waals surface area contributed by atoms with Crippen LogP contribution in [0, 0.1) is 5.92 Å². The number of H-pyrrole nitrogens is 1. The molecule has 3 aromatic rings. The lowest BCUT2D eigenvalue weighted by Crippen LogP contribution is -2.13. The zero-order valence-corrected chi connectivity index (χ0v) is 16.2. The molecule has 138 valence electrons. The summed E-state index contributed by atoms with van der Waals surface area (Å²) in [4.78, 5) is 33.4. The number of carbonyl (C=O) groups is 1. The van der Waals surface area contributed by atoms with Crippen molar-refractivity contribution >= 4 is 45.3 Å². The second kappa shape index (κ2) is 7.12. The SMILES string of the molecule is CC(=O)Nc1ccc(/C=C/c2nc3sc4c(c3c(=O)[nH]2)CC[C@@H](C)C4)cc1. The molecule has 1 amide bonds. The average Bonchev–Trinajstić information content (AvgIpc) is 2.98. The number of aryl methyl sites for hydroxylation is 1. The molecular formula is C21H21N3O2S. The van der Waals surface area contributed by atoms with E-state index in [1.807, 2.05) is 36.4 Å². The van der Waals surface area contributed by atoms with Gasteiger partial charge in [0, 0.05) is 17.5 Å². The van der Waals surface area contributed by atoms with E-state index in [1.54, 1.807) is 11.3 Å². The second-order valence-corrected chi connectivity index (χ2v) is 8.20. The van der Waals surface area contributed by atoms with Crippen molar-refractivity contribution in [2.75, 3.05) is 5.32 Å². The molecule has 0 radical (unpaired) electrons. The summed E-state index contributed by atoms with van der Waals surface area (Å²) >= 11 is 1.66. The molecule has 0 spiro atoms. The summed E-state index contributed by atoms with van der Waals surface area (Å²) in [5.74, 6) is 1.14. The molecule has 5 nitrogen and oxygen atoms in total. The van der Waals surface area contributed by atoms with Gasteiger partial charge in [-0.2, -0.15) is 0 Å². The van der Waals surface area contributed by atoms with Gasteiger partial charge in [0.1, 0.15) is 10.7 Å². The van der Waals surface area contributed by atoms with Gasteiger partial charge in [-0.1, -0.05) is 25.1 Å². The number of fused-ring (bicyclic) bond motifs is 3. The fraction of sp³-hybridized carbons (Fsp3) is 0.286. The molecule has 2 aromatic heterocycles. The zero-order valence-electron chi connectivity index (χ0n) is 15.3. The fourth-order valence-electron chi connectivity index (χ4n) is 3.50. The molecule has 0 saturated carbocycles. The molecule has 1 aliphatic carbocycles. The summed E-state index contributed by atoms with van der Waals surface area (Å²) in [6.45, 7) is 3.74. The van der Waals surface area contributed by atoms with Crippen LogP contribution in [0.25, 0.3) is 22.4 Å². The van der Waals surface area contributed by atoms with Crippen molar-refractivity contribution in [3.8, 4) is 0 Å². The van der Waals surface area contributed by atoms with Crippen LogP contribution in [0.3, 0.4) is 0 Å². The first-order chi connectivity index (χ1) is 13.0. The summed E-state index contributed by atoms with van der Waals surface area (Å²) in [5, 5.41) is 3.52. The van der Waals surface area contributed by atoms with Crippen LogP contribution in [-0.4, -0.2) is 15.9 Å². The Balaban J connectivity index is 1.62. The molecule has 2 N–H and O–H groups in total. The van der Waals surface area contributed by atoms with Crippen LogP contribution in [-0.2, 0) is 17.6 Å². The number of amides is 1. The maximum Gasteiger partial charge on any atom is 0.260 e. The van der Waals surface area contributed by atoms with E-state index in [9.17, 15) is 9.59 Å². The van der Waals surface area contributed by atoms with Gasteiger partial charge in [0.25, 0.3) is 5.56 Å². The fourth-order valence-corrected chi connectivity index (χ4v) is 4.89. The van der Waals surface area contributed by atoms with Gasteiger partial charge in [-0.05, 0) is 54.5 Å². The van der Waals surface area contributed by atoms with Gasteiger partial charge in [-0.3, -0.25) is 9.59 Å². The molecule has 27 heavy (non-hydrogen) atoms. The minimum atomic E-state index is -0.0959. The molecule has 1 aromatic carbocycles. The lowest BCUT2D eigenvalue weighted by molar-refractivity contribution is -0.114. The standard InChI is InChI=1S/C21H21N3O2S/c1-12-3-9-16-17(11-12)27-21-19(16)20(26)23-18(24-21)10-6-14-4-7-15(8-5-14)22-13(2)25/h4-8,10,12H,3,9,11H2,1-2H3,(H,22,25)(H,23,24,26)/b10-6+/t12-/m1/s1. The minimum Gasteiger partial charge on any atom is -0.326 e. The van der Waals surface area contributed by atoms with Crippen LogP contribution in [0.5, 0.6) is 0 Å². The van der Waals surface area contributed by atoms with Gasteiger partial charge in [0.2, 0.25) is 5.91 Å². The summed E-state index contributed by atoms with van der Waals surface area (Å²) in [7, 11) is 0. The van der Waals surface area contributed by atoms with Gasteiger partial charge in [-0.25, -0.2) is 4.98 Å². The first kappa shape index (κ1) is 17.7. The third kappa shape index (κ3) is 3.71. The van der Waals surface area contributed by atoms with Crippen molar-refractivity contribution in [2.45, 2.75) is 33.1 Å². The molecule has 0 fully saturated rings. The Hall–Kier alpha value is -2.73. The van der Waals surface area contributed by atoms with E-state index in [2.05, 4.69) is 22.2 Å². The molecule has 1 aliphatic rings. The Morgan fingerprint density at radius 1 is 1.30 bits per heavy atom. The topological polar surface area (TPSA) is 74.8 Å². The van der Waals surface area contributed by atoms with Gasteiger partial charge >= 0.3 is 0 Å². The predicted molar refractivity (Wildman–Crippen MR) is 111 cm³/mol. The van der Waals surface area contributed by atoms with Crippen molar-refractivity contribution in [3.63, 3.8) is 0 Å². The summed E-state index contributed by atoms with van der Waals surface area (Å²) in [6.07, 6.45) is 6.86. The monoisotopic (exact) mass is 379 g/mol. The molecule has 0 unspecified atom stereocenters. The molecule has 2 heterocycles. The lowest BCUT2D eigenvalue weighted by Gasteiger charge is -2.17. The van der Waals surface area contributed by atoms with E-state index in [0.29, 0.717) is 11.7 Å². The van der Waals surface area contributed by atoms with E-state index >= 15 is 0 Å². The first-order valence-corrected chi connectivity index (χ1v) is 9.91. The summed E-state index contributed by atoms with van der Waals surface area (Å²) < 4.78 is 0. The highest BCUT2D eigenvalue weighted by Crippen LogP contribution is 2.35. The quantitative estimate of drug-likeness (QED) is 0.715.